The normalized spacial score (nSPS) is 10.1. The molecule has 0 saturated heterocycles. The molecule has 3 nitrogen and oxygen atoms in total. The Morgan fingerprint density at radius 2 is 1.61 bits per heavy atom. The molecule has 0 fully saturated rings. The lowest BCUT2D eigenvalue weighted by Crippen LogP contribution is -1.96. The van der Waals surface area contributed by atoms with E-state index < -0.39 is 0 Å². The number of rotatable bonds is 9. The highest BCUT2D eigenvalue weighted by atomic mass is 16.5. The first-order valence-corrected chi connectivity index (χ1v) is 10.2. The van der Waals surface area contributed by atoms with Crippen LogP contribution in [0.5, 0.6) is 5.75 Å². The van der Waals surface area contributed by atoms with Crippen molar-refractivity contribution in [2.24, 2.45) is 0 Å². The molecule has 0 aliphatic rings. The molecule has 0 saturated carbocycles. The largest absolute Gasteiger partial charge is 0.494 e. The second kappa shape index (κ2) is 11.8. The number of ether oxygens (including phenoxy) is 1. The van der Waals surface area contributed by atoms with Crippen LogP contribution < -0.4 is 4.74 Å². The molecule has 1 heterocycles. The lowest BCUT2D eigenvalue weighted by Gasteiger charge is -2.06. The molecule has 0 aliphatic heterocycles. The van der Waals surface area contributed by atoms with Gasteiger partial charge >= 0.3 is 0 Å². The zero-order valence-electron chi connectivity index (χ0n) is 17.3. The van der Waals surface area contributed by atoms with Crippen molar-refractivity contribution in [3.05, 3.63) is 66.7 Å². The number of hydrogen-bond donors (Lipinski definition) is 0. The minimum absolute atomic E-state index is 0.756. The Morgan fingerprint density at radius 1 is 0.929 bits per heavy atom. The van der Waals surface area contributed by atoms with Crippen LogP contribution in [-0.2, 0) is 0 Å². The maximum Gasteiger partial charge on any atom is 0.167 e. The molecular weight excluding hydrogens is 346 g/mol. The van der Waals surface area contributed by atoms with E-state index in [2.05, 4.69) is 18.7 Å². The Hall–Kier alpha value is -2.81. The van der Waals surface area contributed by atoms with Gasteiger partial charge in [0.2, 0.25) is 0 Å². The minimum atomic E-state index is 0.756. The lowest BCUT2D eigenvalue weighted by atomic mass is 10.1. The number of benzene rings is 2. The molecule has 3 heteroatoms. The molecule has 148 valence electrons. The van der Waals surface area contributed by atoms with Crippen molar-refractivity contribution in [3.63, 3.8) is 0 Å². The van der Waals surface area contributed by atoms with Crippen molar-refractivity contribution in [2.45, 2.75) is 46.5 Å². The summed E-state index contributed by atoms with van der Waals surface area (Å²) in [4.78, 5) is 0. The summed E-state index contributed by atoms with van der Waals surface area (Å²) in [7, 11) is 0. The molecule has 1 aromatic heterocycles. The first-order valence-electron chi connectivity index (χ1n) is 10.2. The summed E-state index contributed by atoms with van der Waals surface area (Å²) in [6.45, 7) is 10.8. The van der Waals surface area contributed by atoms with Gasteiger partial charge in [0, 0.05) is 17.2 Å². The fraction of sp³-hybridized carbons (Fsp3) is 0.320. The highest BCUT2D eigenvalue weighted by Crippen LogP contribution is 2.27. The van der Waals surface area contributed by atoms with Crippen LogP contribution in [0.2, 0.25) is 0 Å². The van der Waals surface area contributed by atoms with E-state index in [1.807, 2.05) is 74.5 Å². The van der Waals surface area contributed by atoms with E-state index in [-0.39, 0.29) is 0 Å². The molecule has 0 spiro atoms. The Kier molecular flexibility index (Phi) is 9.06. The van der Waals surface area contributed by atoms with Crippen LogP contribution in [0.4, 0.5) is 0 Å². The maximum absolute atomic E-state index is 5.79. The Bertz CT molecular complexity index is 817. The quantitative estimate of drug-likeness (QED) is 0.359. The van der Waals surface area contributed by atoms with E-state index in [0.29, 0.717) is 0 Å². The smallest absolute Gasteiger partial charge is 0.167 e. The van der Waals surface area contributed by atoms with Crippen molar-refractivity contribution < 1.29 is 9.26 Å². The molecule has 0 atom stereocenters. The van der Waals surface area contributed by atoms with E-state index in [0.717, 1.165) is 46.9 Å². The monoisotopic (exact) mass is 377 g/mol. The minimum Gasteiger partial charge on any atom is -0.494 e. The summed E-state index contributed by atoms with van der Waals surface area (Å²) in [5.74, 6) is 1.65. The van der Waals surface area contributed by atoms with E-state index in [1.165, 1.54) is 19.3 Å². The number of hydrogen-bond acceptors (Lipinski definition) is 3. The van der Waals surface area contributed by atoms with Crippen molar-refractivity contribution in [2.75, 3.05) is 6.61 Å². The Labute approximate surface area is 169 Å². The van der Waals surface area contributed by atoms with E-state index >= 15 is 0 Å². The van der Waals surface area contributed by atoms with E-state index in [1.54, 1.807) is 0 Å². The second-order valence-corrected chi connectivity index (χ2v) is 6.34. The average Bonchev–Trinajstić information content (AvgIpc) is 3.26. The van der Waals surface area contributed by atoms with Gasteiger partial charge in [-0.2, -0.15) is 0 Å². The molecular formula is C25H31NO2. The molecule has 3 rings (SSSR count). The summed E-state index contributed by atoms with van der Waals surface area (Å²) in [6.07, 6.45) is 6.67. The molecule has 2 aromatic carbocycles. The lowest BCUT2D eigenvalue weighted by molar-refractivity contribution is 0.305. The molecule has 0 bridgehead atoms. The molecule has 3 aromatic rings. The molecule has 0 radical (unpaired) electrons. The van der Waals surface area contributed by atoms with E-state index in [9.17, 15) is 0 Å². The highest BCUT2D eigenvalue weighted by molar-refractivity contribution is 5.68. The maximum atomic E-state index is 5.79. The number of nitrogens with zero attached hydrogens (tertiary/aromatic N) is 1. The van der Waals surface area contributed by atoms with Gasteiger partial charge in [0.05, 0.1) is 6.61 Å². The van der Waals surface area contributed by atoms with Crippen LogP contribution in [0.3, 0.4) is 0 Å². The summed E-state index contributed by atoms with van der Waals surface area (Å²) >= 11 is 0. The molecule has 0 unspecified atom stereocenters. The van der Waals surface area contributed by atoms with Gasteiger partial charge in [-0.1, -0.05) is 82.1 Å². The number of unbranched alkanes of at least 4 members (excludes halogenated alkanes) is 3. The Morgan fingerprint density at radius 3 is 2.25 bits per heavy atom. The third-order valence-corrected chi connectivity index (χ3v) is 4.36. The third kappa shape index (κ3) is 6.12. The fourth-order valence-electron chi connectivity index (χ4n) is 2.77. The number of aromatic nitrogens is 1. The first kappa shape index (κ1) is 21.5. The standard InChI is InChI=1S/C23H25NO2.C2H6/c1-3-5-6-7-16-25-21-14-12-19(13-15-21)22-17-23(26-24-22)20-10-8-18(4-2)9-11-20;1-2/h4,8-15,17H,2-3,5-7,16H2,1H3;1-2H3. The van der Waals surface area contributed by atoms with Crippen molar-refractivity contribution in [1.29, 1.82) is 0 Å². The van der Waals surface area contributed by atoms with Gasteiger partial charge in [0.1, 0.15) is 11.4 Å². The van der Waals surface area contributed by atoms with Gasteiger partial charge < -0.3 is 9.26 Å². The molecule has 28 heavy (non-hydrogen) atoms. The van der Waals surface area contributed by atoms with Gasteiger partial charge in [0.15, 0.2) is 5.76 Å². The summed E-state index contributed by atoms with van der Waals surface area (Å²) in [5.41, 5.74) is 3.92. The topological polar surface area (TPSA) is 35.3 Å². The van der Waals surface area contributed by atoms with Gasteiger partial charge in [-0.3, -0.25) is 0 Å². The van der Waals surface area contributed by atoms with Crippen LogP contribution in [0, 0.1) is 0 Å². The second-order valence-electron chi connectivity index (χ2n) is 6.34. The van der Waals surface area contributed by atoms with Crippen LogP contribution >= 0.6 is 0 Å². The zero-order chi connectivity index (χ0) is 20.2. The van der Waals surface area contributed by atoms with Crippen molar-refractivity contribution in [3.8, 4) is 28.3 Å². The summed E-state index contributed by atoms with van der Waals surface area (Å²) in [5, 5.41) is 4.19. The van der Waals surface area contributed by atoms with Gasteiger partial charge in [0.25, 0.3) is 0 Å². The summed E-state index contributed by atoms with van der Waals surface area (Å²) in [6, 6.07) is 18.0. The predicted octanol–water partition coefficient (Wildman–Crippen LogP) is 7.64. The SMILES string of the molecule is C=Cc1ccc(-c2cc(-c3ccc(OCCCCCC)cc3)no2)cc1.CC. The van der Waals surface area contributed by atoms with Crippen molar-refractivity contribution in [1.82, 2.24) is 5.16 Å². The predicted molar refractivity (Wildman–Crippen MR) is 118 cm³/mol. The van der Waals surface area contributed by atoms with Gasteiger partial charge in [-0.25, -0.2) is 0 Å². The Balaban J connectivity index is 0.00000136. The third-order valence-electron chi connectivity index (χ3n) is 4.36. The van der Waals surface area contributed by atoms with Crippen LogP contribution in [0.1, 0.15) is 52.0 Å². The van der Waals surface area contributed by atoms with Crippen LogP contribution in [0.25, 0.3) is 28.7 Å². The highest BCUT2D eigenvalue weighted by Gasteiger charge is 2.09. The molecule has 0 N–H and O–H groups in total. The van der Waals surface area contributed by atoms with Gasteiger partial charge in [-0.15, -0.1) is 0 Å². The van der Waals surface area contributed by atoms with Crippen LogP contribution in [-0.4, -0.2) is 11.8 Å². The fourth-order valence-corrected chi connectivity index (χ4v) is 2.77. The van der Waals surface area contributed by atoms with E-state index in [4.69, 9.17) is 9.26 Å². The average molecular weight is 378 g/mol. The molecule has 0 amide bonds. The zero-order valence-corrected chi connectivity index (χ0v) is 17.3. The molecule has 0 aliphatic carbocycles. The van der Waals surface area contributed by atoms with Crippen molar-refractivity contribution >= 4 is 6.08 Å². The van der Waals surface area contributed by atoms with Crippen LogP contribution in [0.15, 0.2) is 65.7 Å². The van der Waals surface area contributed by atoms with Gasteiger partial charge in [-0.05, 0) is 36.2 Å². The first-order chi connectivity index (χ1) is 13.8. The summed E-state index contributed by atoms with van der Waals surface area (Å²) < 4.78 is 11.3.